The fourth-order valence-corrected chi connectivity index (χ4v) is 0.881. The first-order valence-electron chi connectivity index (χ1n) is 4.05. The number of terminal acetylenes is 1. The van der Waals surface area contributed by atoms with Crippen molar-refractivity contribution >= 4 is 0 Å². The number of hydrogen-bond acceptors (Lipinski definition) is 1. The van der Waals surface area contributed by atoms with Gasteiger partial charge in [-0.25, -0.2) is 0 Å². The molecule has 1 nitrogen and oxygen atoms in total. The Balaban J connectivity index is 2.21. The number of rotatable bonds is 4. The zero-order chi connectivity index (χ0) is 8.65. The Kier molecular flexibility index (Phi) is 3.80. The highest BCUT2D eigenvalue weighted by molar-refractivity contribution is 5.20. The van der Waals surface area contributed by atoms with Crippen molar-refractivity contribution in [3.63, 3.8) is 0 Å². The summed E-state index contributed by atoms with van der Waals surface area (Å²) in [6.45, 7) is 0.703. The van der Waals surface area contributed by atoms with Crippen LogP contribution in [0.5, 0.6) is 5.75 Å². The molecule has 0 aliphatic carbocycles. The van der Waals surface area contributed by atoms with Gasteiger partial charge < -0.3 is 4.74 Å². The summed E-state index contributed by atoms with van der Waals surface area (Å²) in [7, 11) is 0. The van der Waals surface area contributed by atoms with Gasteiger partial charge >= 0.3 is 0 Å². The molecule has 12 heavy (non-hydrogen) atoms. The predicted octanol–water partition coefficient (Wildman–Crippen LogP) is 2.48. The number of para-hydroxylation sites is 1. The van der Waals surface area contributed by atoms with Crippen LogP contribution in [0.25, 0.3) is 0 Å². The number of ether oxygens (including phenoxy) is 1. The van der Waals surface area contributed by atoms with E-state index in [4.69, 9.17) is 11.2 Å². The van der Waals surface area contributed by atoms with Crippen molar-refractivity contribution in [2.24, 2.45) is 0 Å². The average molecular weight is 160 g/mol. The zero-order valence-corrected chi connectivity index (χ0v) is 6.99. The summed E-state index contributed by atoms with van der Waals surface area (Å²) in [5.41, 5.74) is 0. The second-order valence-electron chi connectivity index (χ2n) is 2.47. The van der Waals surface area contributed by atoms with Crippen LogP contribution in [-0.4, -0.2) is 6.61 Å². The maximum atomic E-state index is 5.41. The maximum absolute atomic E-state index is 5.41. The van der Waals surface area contributed by atoms with Crippen molar-refractivity contribution in [1.82, 2.24) is 0 Å². The van der Waals surface area contributed by atoms with E-state index >= 15 is 0 Å². The van der Waals surface area contributed by atoms with Gasteiger partial charge in [0.25, 0.3) is 0 Å². The molecule has 0 atom stereocenters. The molecule has 0 amide bonds. The summed E-state index contributed by atoms with van der Waals surface area (Å²) in [6, 6.07) is 9.76. The van der Waals surface area contributed by atoms with Crippen molar-refractivity contribution in [2.75, 3.05) is 6.61 Å². The molecule has 0 aromatic heterocycles. The molecule has 0 aliphatic rings. The number of hydrogen-bond donors (Lipinski definition) is 0. The minimum atomic E-state index is 0.703. The Bertz CT molecular complexity index is 245. The Morgan fingerprint density at radius 2 is 2.00 bits per heavy atom. The molecule has 0 fully saturated rings. The molecule has 0 unspecified atom stereocenters. The van der Waals surface area contributed by atoms with Crippen molar-refractivity contribution in [1.29, 1.82) is 0 Å². The summed E-state index contributed by atoms with van der Waals surface area (Å²) < 4.78 is 5.41. The first-order chi connectivity index (χ1) is 5.93. The van der Waals surface area contributed by atoms with E-state index in [1.807, 2.05) is 30.3 Å². The van der Waals surface area contributed by atoms with Gasteiger partial charge in [-0.2, -0.15) is 0 Å². The van der Waals surface area contributed by atoms with Crippen LogP contribution in [-0.2, 0) is 0 Å². The molecule has 0 saturated heterocycles. The SMILES string of the molecule is C#CCCCOc1ccccc1. The summed E-state index contributed by atoms with van der Waals surface area (Å²) in [4.78, 5) is 0. The molecule has 0 aliphatic heterocycles. The third kappa shape index (κ3) is 3.12. The number of benzene rings is 1. The minimum Gasteiger partial charge on any atom is -0.494 e. The molecule has 0 spiro atoms. The highest BCUT2D eigenvalue weighted by Crippen LogP contribution is 2.08. The van der Waals surface area contributed by atoms with E-state index in [1.54, 1.807) is 0 Å². The molecule has 0 radical (unpaired) electrons. The molecule has 0 N–H and O–H groups in total. The molecule has 1 heteroatoms. The van der Waals surface area contributed by atoms with Gasteiger partial charge in [-0.1, -0.05) is 18.2 Å². The van der Waals surface area contributed by atoms with Gasteiger partial charge in [-0.05, 0) is 18.6 Å². The van der Waals surface area contributed by atoms with Crippen LogP contribution in [0.3, 0.4) is 0 Å². The fourth-order valence-electron chi connectivity index (χ4n) is 0.881. The Morgan fingerprint density at radius 3 is 2.67 bits per heavy atom. The first-order valence-corrected chi connectivity index (χ1v) is 4.05. The van der Waals surface area contributed by atoms with E-state index in [0.717, 1.165) is 18.6 Å². The van der Waals surface area contributed by atoms with E-state index in [9.17, 15) is 0 Å². The standard InChI is InChI=1S/C11H12O/c1-2-3-7-10-12-11-8-5-4-6-9-11/h1,4-6,8-9H,3,7,10H2. The lowest BCUT2D eigenvalue weighted by molar-refractivity contribution is 0.313. The largest absolute Gasteiger partial charge is 0.494 e. The van der Waals surface area contributed by atoms with Crippen LogP contribution in [0, 0.1) is 12.3 Å². The molecular formula is C11H12O. The lowest BCUT2D eigenvalue weighted by Gasteiger charge is -2.02. The van der Waals surface area contributed by atoms with Crippen molar-refractivity contribution in [3.05, 3.63) is 30.3 Å². The summed E-state index contributed by atoms with van der Waals surface area (Å²) in [5.74, 6) is 3.49. The van der Waals surface area contributed by atoms with Crippen LogP contribution >= 0.6 is 0 Å². The van der Waals surface area contributed by atoms with Gasteiger partial charge in [-0.15, -0.1) is 12.3 Å². The maximum Gasteiger partial charge on any atom is 0.119 e. The van der Waals surface area contributed by atoms with Crippen LogP contribution in [0.4, 0.5) is 0 Å². The Morgan fingerprint density at radius 1 is 1.25 bits per heavy atom. The smallest absolute Gasteiger partial charge is 0.119 e. The fraction of sp³-hybridized carbons (Fsp3) is 0.273. The third-order valence-corrected chi connectivity index (χ3v) is 1.48. The Hall–Kier alpha value is -1.42. The Labute approximate surface area is 73.4 Å². The highest BCUT2D eigenvalue weighted by Gasteiger charge is 1.89. The van der Waals surface area contributed by atoms with Crippen LogP contribution < -0.4 is 4.74 Å². The van der Waals surface area contributed by atoms with Crippen molar-refractivity contribution in [3.8, 4) is 18.1 Å². The van der Waals surface area contributed by atoms with Crippen LogP contribution in [0.15, 0.2) is 30.3 Å². The van der Waals surface area contributed by atoms with Gasteiger partial charge in [0.1, 0.15) is 5.75 Å². The van der Waals surface area contributed by atoms with Crippen LogP contribution in [0.2, 0.25) is 0 Å². The monoisotopic (exact) mass is 160 g/mol. The first kappa shape index (κ1) is 8.67. The minimum absolute atomic E-state index is 0.703. The second kappa shape index (κ2) is 5.26. The normalized spacial score (nSPS) is 8.92. The third-order valence-electron chi connectivity index (χ3n) is 1.48. The van der Waals surface area contributed by atoms with Crippen molar-refractivity contribution in [2.45, 2.75) is 12.8 Å². The molecule has 0 heterocycles. The topological polar surface area (TPSA) is 9.23 Å². The molecule has 1 rings (SSSR count). The summed E-state index contributed by atoms with van der Waals surface area (Å²) in [5, 5.41) is 0. The summed E-state index contributed by atoms with van der Waals surface area (Å²) in [6.07, 6.45) is 6.81. The average Bonchev–Trinajstić information content (AvgIpc) is 2.14. The van der Waals surface area contributed by atoms with Crippen molar-refractivity contribution < 1.29 is 4.74 Å². The van der Waals surface area contributed by atoms with Crippen LogP contribution in [0.1, 0.15) is 12.8 Å². The molecule has 0 bridgehead atoms. The van der Waals surface area contributed by atoms with E-state index < -0.39 is 0 Å². The van der Waals surface area contributed by atoms with E-state index in [2.05, 4.69) is 5.92 Å². The zero-order valence-electron chi connectivity index (χ0n) is 6.99. The van der Waals surface area contributed by atoms with Gasteiger partial charge in [-0.3, -0.25) is 0 Å². The highest BCUT2D eigenvalue weighted by atomic mass is 16.5. The number of unbranched alkanes of at least 4 members (excludes halogenated alkanes) is 1. The lowest BCUT2D eigenvalue weighted by Crippen LogP contribution is -1.95. The summed E-state index contributed by atoms with van der Waals surface area (Å²) >= 11 is 0. The van der Waals surface area contributed by atoms with Gasteiger partial charge in [0.2, 0.25) is 0 Å². The molecule has 0 saturated carbocycles. The molecule has 62 valence electrons. The lowest BCUT2D eigenvalue weighted by atomic mass is 10.3. The molecule has 1 aromatic carbocycles. The van der Waals surface area contributed by atoms with E-state index in [-0.39, 0.29) is 0 Å². The van der Waals surface area contributed by atoms with Gasteiger partial charge in [0.05, 0.1) is 6.61 Å². The van der Waals surface area contributed by atoms with E-state index in [1.165, 1.54) is 0 Å². The second-order valence-corrected chi connectivity index (χ2v) is 2.47. The molecule has 1 aromatic rings. The molecular weight excluding hydrogens is 148 g/mol. The predicted molar refractivity (Wildman–Crippen MR) is 50.0 cm³/mol. The van der Waals surface area contributed by atoms with Gasteiger partial charge in [0, 0.05) is 6.42 Å². The van der Waals surface area contributed by atoms with Gasteiger partial charge in [0.15, 0.2) is 0 Å². The van der Waals surface area contributed by atoms with E-state index in [0.29, 0.717) is 6.61 Å². The quantitative estimate of drug-likeness (QED) is 0.485.